The standard InChI is InChI=1S/C30H54O2/c1-4-6-8-10-24-12-19-28(20-13-24)32-30(31)27-17-15-26(16-18-27)29-21-14-25(22-23(29)3)11-9-7-5-2/h23-29H,4-22H2,1-3H3/t23?,24-,25?,26-,27-,28-,29?. The Morgan fingerprint density at radius 1 is 0.719 bits per heavy atom. The zero-order valence-corrected chi connectivity index (χ0v) is 21.8. The van der Waals surface area contributed by atoms with Crippen LogP contribution in [0.5, 0.6) is 0 Å². The van der Waals surface area contributed by atoms with Crippen LogP contribution in [0.3, 0.4) is 0 Å². The molecule has 0 bridgehead atoms. The van der Waals surface area contributed by atoms with Gasteiger partial charge in [-0.05, 0) is 93.8 Å². The Morgan fingerprint density at radius 3 is 1.91 bits per heavy atom. The molecule has 0 heterocycles. The third-order valence-corrected chi connectivity index (χ3v) is 9.56. The largest absolute Gasteiger partial charge is 0.462 e. The summed E-state index contributed by atoms with van der Waals surface area (Å²) in [4.78, 5) is 12.9. The van der Waals surface area contributed by atoms with Crippen molar-refractivity contribution in [3.8, 4) is 0 Å². The van der Waals surface area contributed by atoms with E-state index in [9.17, 15) is 4.79 Å². The molecule has 3 fully saturated rings. The van der Waals surface area contributed by atoms with Gasteiger partial charge in [-0.1, -0.05) is 78.6 Å². The zero-order chi connectivity index (χ0) is 22.8. The number of carbonyl (C=O) groups excluding carboxylic acids is 1. The van der Waals surface area contributed by atoms with Crippen molar-refractivity contribution in [1.82, 2.24) is 0 Å². The van der Waals surface area contributed by atoms with Crippen LogP contribution < -0.4 is 0 Å². The first-order valence-corrected chi connectivity index (χ1v) is 14.8. The Hall–Kier alpha value is -0.530. The average molecular weight is 447 g/mol. The normalized spacial score (nSPS) is 36.0. The average Bonchev–Trinajstić information content (AvgIpc) is 2.81. The minimum absolute atomic E-state index is 0.144. The summed E-state index contributed by atoms with van der Waals surface area (Å²) in [6.45, 7) is 7.12. The third-order valence-electron chi connectivity index (χ3n) is 9.56. The number of ether oxygens (including phenoxy) is 1. The molecule has 0 radical (unpaired) electrons. The molecule has 0 aliphatic heterocycles. The summed E-state index contributed by atoms with van der Waals surface area (Å²) in [5.74, 6) is 4.87. The van der Waals surface area contributed by atoms with Crippen molar-refractivity contribution in [2.75, 3.05) is 0 Å². The molecule has 0 aromatic rings. The van der Waals surface area contributed by atoms with Crippen molar-refractivity contribution in [2.45, 2.75) is 149 Å². The Balaban J connectivity index is 1.32. The molecular formula is C30H54O2. The monoisotopic (exact) mass is 446 g/mol. The lowest BCUT2D eigenvalue weighted by molar-refractivity contribution is -0.157. The summed E-state index contributed by atoms with van der Waals surface area (Å²) in [6.07, 6.45) is 25.1. The quantitative estimate of drug-likeness (QED) is 0.233. The van der Waals surface area contributed by atoms with Crippen LogP contribution in [0, 0.1) is 35.5 Å². The van der Waals surface area contributed by atoms with Gasteiger partial charge in [0.25, 0.3) is 0 Å². The van der Waals surface area contributed by atoms with E-state index in [-0.39, 0.29) is 18.0 Å². The molecule has 3 aliphatic carbocycles. The van der Waals surface area contributed by atoms with E-state index in [0.717, 1.165) is 55.3 Å². The highest BCUT2D eigenvalue weighted by atomic mass is 16.5. The van der Waals surface area contributed by atoms with E-state index >= 15 is 0 Å². The second-order valence-electron chi connectivity index (χ2n) is 12.0. The summed E-state index contributed by atoms with van der Waals surface area (Å²) >= 11 is 0. The van der Waals surface area contributed by atoms with Crippen LogP contribution >= 0.6 is 0 Å². The molecule has 2 nitrogen and oxygen atoms in total. The van der Waals surface area contributed by atoms with E-state index in [2.05, 4.69) is 20.8 Å². The molecule has 0 aromatic heterocycles. The van der Waals surface area contributed by atoms with Gasteiger partial charge in [-0.15, -0.1) is 0 Å². The minimum Gasteiger partial charge on any atom is -0.462 e. The fraction of sp³-hybridized carbons (Fsp3) is 0.967. The van der Waals surface area contributed by atoms with Gasteiger partial charge in [0.15, 0.2) is 0 Å². The van der Waals surface area contributed by atoms with Crippen molar-refractivity contribution in [3.63, 3.8) is 0 Å². The maximum absolute atomic E-state index is 12.9. The van der Waals surface area contributed by atoms with Gasteiger partial charge < -0.3 is 4.74 Å². The number of esters is 1. The SMILES string of the molecule is CCCCCC1CCC([C@H]2CC[C@H](C(=O)O[C@H]3CC[C@H](CCCCC)CC3)CC2)C(C)C1. The molecule has 3 unspecified atom stereocenters. The third kappa shape index (κ3) is 8.05. The van der Waals surface area contributed by atoms with Crippen LogP contribution in [0.15, 0.2) is 0 Å². The van der Waals surface area contributed by atoms with Gasteiger partial charge in [-0.25, -0.2) is 0 Å². The molecule has 3 aliphatic rings. The van der Waals surface area contributed by atoms with Gasteiger partial charge in [-0.3, -0.25) is 4.79 Å². The maximum Gasteiger partial charge on any atom is 0.309 e. The summed E-state index contributed by atoms with van der Waals surface area (Å²) in [5, 5.41) is 0. The number of carbonyl (C=O) groups is 1. The van der Waals surface area contributed by atoms with Crippen molar-refractivity contribution in [2.24, 2.45) is 35.5 Å². The highest BCUT2D eigenvalue weighted by molar-refractivity contribution is 5.72. The Morgan fingerprint density at radius 2 is 1.31 bits per heavy atom. The zero-order valence-electron chi connectivity index (χ0n) is 21.8. The van der Waals surface area contributed by atoms with Crippen LogP contribution in [0.4, 0.5) is 0 Å². The van der Waals surface area contributed by atoms with Gasteiger partial charge in [0.1, 0.15) is 6.10 Å². The van der Waals surface area contributed by atoms with Gasteiger partial charge in [-0.2, -0.15) is 0 Å². The molecule has 3 saturated carbocycles. The van der Waals surface area contributed by atoms with Crippen LogP contribution in [-0.4, -0.2) is 12.1 Å². The number of hydrogen-bond acceptors (Lipinski definition) is 2. The second-order valence-corrected chi connectivity index (χ2v) is 12.0. The smallest absolute Gasteiger partial charge is 0.309 e. The van der Waals surface area contributed by atoms with Crippen LogP contribution in [0.25, 0.3) is 0 Å². The summed E-state index contributed by atoms with van der Waals surface area (Å²) in [5.41, 5.74) is 0. The number of rotatable bonds is 11. The molecule has 0 spiro atoms. The van der Waals surface area contributed by atoms with E-state index in [1.807, 2.05) is 0 Å². The molecule has 0 aromatic carbocycles. The van der Waals surface area contributed by atoms with Crippen molar-refractivity contribution in [1.29, 1.82) is 0 Å². The molecule has 3 rings (SSSR count). The predicted octanol–water partition coefficient (Wildman–Crippen LogP) is 9.11. The first kappa shape index (κ1) is 26.1. The molecule has 3 atom stereocenters. The van der Waals surface area contributed by atoms with E-state index in [1.54, 1.807) is 0 Å². The highest BCUT2D eigenvalue weighted by Gasteiger charge is 2.37. The summed E-state index contributed by atoms with van der Waals surface area (Å²) in [7, 11) is 0. The first-order chi connectivity index (χ1) is 15.6. The fourth-order valence-corrected chi connectivity index (χ4v) is 7.44. The molecule has 186 valence electrons. The predicted molar refractivity (Wildman–Crippen MR) is 136 cm³/mol. The lowest BCUT2D eigenvalue weighted by Crippen LogP contribution is -2.34. The topological polar surface area (TPSA) is 26.3 Å². The van der Waals surface area contributed by atoms with Crippen molar-refractivity contribution >= 4 is 5.97 Å². The van der Waals surface area contributed by atoms with Gasteiger partial charge in [0, 0.05) is 0 Å². The molecule has 0 saturated heterocycles. The molecule has 2 heteroatoms. The summed E-state index contributed by atoms with van der Waals surface area (Å²) < 4.78 is 6.03. The van der Waals surface area contributed by atoms with E-state index in [4.69, 9.17) is 4.74 Å². The summed E-state index contributed by atoms with van der Waals surface area (Å²) in [6, 6.07) is 0. The van der Waals surface area contributed by atoms with Gasteiger partial charge in [0.05, 0.1) is 5.92 Å². The molecule has 0 N–H and O–H groups in total. The Bertz CT molecular complexity index is 513. The van der Waals surface area contributed by atoms with Gasteiger partial charge >= 0.3 is 5.97 Å². The minimum atomic E-state index is 0.144. The number of unbranched alkanes of at least 4 members (excludes halogenated alkanes) is 4. The van der Waals surface area contributed by atoms with Crippen molar-refractivity contribution < 1.29 is 9.53 Å². The van der Waals surface area contributed by atoms with Crippen LogP contribution in [0.1, 0.15) is 143 Å². The lowest BCUT2D eigenvalue weighted by Gasteiger charge is -2.41. The fourth-order valence-electron chi connectivity index (χ4n) is 7.44. The van der Waals surface area contributed by atoms with Crippen molar-refractivity contribution in [3.05, 3.63) is 0 Å². The Labute approximate surface area is 200 Å². The second kappa shape index (κ2) is 14.0. The first-order valence-electron chi connectivity index (χ1n) is 14.8. The molecule has 32 heavy (non-hydrogen) atoms. The van der Waals surface area contributed by atoms with Gasteiger partial charge in [0.2, 0.25) is 0 Å². The van der Waals surface area contributed by atoms with E-state index < -0.39 is 0 Å². The maximum atomic E-state index is 12.9. The van der Waals surface area contributed by atoms with E-state index in [1.165, 1.54) is 96.3 Å². The van der Waals surface area contributed by atoms with E-state index in [0.29, 0.717) is 0 Å². The molecular weight excluding hydrogens is 392 g/mol. The number of hydrogen-bond donors (Lipinski definition) is 0. The molecule has 0 amide bonds. The highest BCUT2D eigenvalue weighted by Crippen LogP contribution is 2.45. The van der Waals surface area contributed by atoms with Crippen LogP contribution in [0.2, 0.25) is 0 Å². The lowest BCUT2D eigenvalue weighted by atomic mass is 9.64. The van der Waals surface area contributed by atoms with Crippen LogP contribution in [-0.2, 0) is 9.53 Å². The Kier molecular flexibility index (Phi) is 11.4.